The average molecular weight is 358 g/mol. The number of amides is 1. The van der Waals surface area contributed by atoms with Gasteiger partial charge in [0, 0.05) is 38.8 Å². The van der Waals surface area contributed by atoms with Crippen LogP contribution in [0.15, 0.2) is 24.3 Å². The second-order valence-corrected chi connectivity index (χ2v) is 7.71. The Labute approximate surface area is 156 Å². The van der Waals surface area contributed by atoms with E-state index in [1.807, 2.05) is 29.2 Å². The van der Waals surface area contributed by atoms with Crippen LogP contribution in [-0.2, 0) is 4.74 Å². The standard InChI is InChI=1S/C21H30N2O3/c24-21(23-13-11-22(12-14-23)17-6-1-2-7-17)19-9-3-4-10-20(19)26-16-18-8-5-15-25-18/h3-4,9-10,17-18H,1-2,5-8,11-16H2. The third kappa shape index (κ3) is 4.04. The summed E-state index contributed by atoms with van der Waals surface area (Å²) in [6, 6.07) is 8.38. The minimum Gasteiger partial charge on any atom is -0.490 e. The molecule has 2 saturated heterocycles. The van der Waals surface area contributed by atoms with Gasteiger partial charge in [-0.2, -0.15) is 0 Å². The van der Waals surface area contributed by atoms with Crippen molar-refractivity contribution in [1.29, 1.82) is 0 Å². The van der Waals surface area contributed by atoms with Gasteiger partial charge in [0.05, 0.1) is 11.7 Å². The molecular weight excluding hydrogens is 328 g/mol. The highest BCUT2D eigenvalue weighted by Crippen LogP contribution is 2.26. The zero-order chi connectivity index (χ0) is 17.8. The number of carbonyl (C=O) groups is 1. The number of carbonyl (C=O) groups excluding carboxylic acids is 1. The first-order valence-corrected chi connectivity index (χ1v) is 10.2. The largest absolute Gasteiger partial charge is 0.490 e. The molecule has 1 aliphatic carbocycles. The van der Waals surface area contributed by atoms with Gasteiger partial charge < -0.3 is 14.4 Å². The molecule has 0 spiro atoms. The van der Waals surface area contributed by atoms with Gasteiger partial charge in [-0.3, -0.25) is 9.69 Å². The van der Waals surface area contributed by atoms with E-state index in [4.69, 9.17) is 9.47 Å². The SMILES string of the molecule is O=C(c1ccccc1OCC1CCCO1)N1CCN(C2CCCC2)CC1. The van der Waals surface area contributed by atoms with Crippen LogP contribution < -0.4 is 4.74 Å². The molecule has 1 atom stereocenters. The van der Waals surface area contributed by atoms with E-state index in [-0.39, 0.29) is 12.0 Å². The Kier molecular flexibility index (Phi) is 5.75. The zero-order valence-corrected chi connectivity index (χ0v) is 15.6. The summed E-state index contributed by atoms with van der Waals surface area (Å²) >= 11 is 0. The minimum atomic E-state index is 0.0963. The lowest BCUT2D eigenvalue weighted by Gasteiger charge is -2.38. The quantitative estimate of drug-likeness (QED) is 0.812. The number of nitrogens with zero attached hydrogens (tertiary/aromatic N) is 2. The molecule has 1 aromatic rings. The normalized spacial score (nSPS) is 24.9. The fourth-order valence-electron chi connectivity index (χ4n) is 4.46. The Morgan fingerprint density at radius 2 is 1.81 bits per heavy atom. The minimum absolute atomic E-state index is 0.0963. The molecule has 0 aromatic heterocycles. The fourth-order valence-corrected chi connectivity index (χ4v) is 4.46. The van der Waals surface area contributed by atoms with Crippen molar-refractivity contribution in [2.45, 2.75) is 50.7 Å². The van der Waals surface area contributed by atoms with Crippen LogP contribution in [0.25, 0.3) is 0 Å². The van der Waals surface area contributed by atoms with E-state index in [0.717, 1.165) is 51.7 Å². The number of piperazine rings is 1. The Balaban J connectivity index is 1.35. The van der Waals surface area contributed by atoms with Crippen molar-refractivity contribution in [2.75, 3.05) is 39.4 Å². The number of hydrogen-bond donors (Lipinski definition) is 0. The van der Waals surface area contributed by atoms with Crippen LogP contribution in [0.5, 0.6) is 5.75 Å². The summed E-state index contributed by atoms with van der Waals surface area (Å²) in [6.45, 7) is 4.97. The number of para-hydroxylation sites is 1. The summed E-state index contributed by atoms with van der Waals surface area (Å²) in [5, 5.41) is 0. The van der Waals surface area contributed by atoms with Gasteiger partial charge in [0.2, 0.25) is 0 Å². The molecule has 0 bridgehead atoms. The van der Waals surface area contributed by atoms with Crippen molar-refractivity contribution in [3.63, 3.8) is 0 Å². The summed E-state index contributed by atoms with van der Waals surface area (Å²) < 4.78 is 11.6. The van der Waals surface area contributed by atoms with Crippen molar-refractivity contribution >= 4 is 5.91 Å². The Hall–Kier alpha value is -1.59. The van der Waals surface area contributed by atoms with Crippen LogP contribution in [0.2, 0.25) is 0 Å². The van der Waals surface area contributed by atoms with Crippen molar-refractivity contribution in [1.82, 2.24) is 9.80 Å². The average Bonchev–Trinajstić information content (AvgIpc) is 3.40. The summed E-state index contributed by atoms with van der Waals surface area (Å²) in [5.74, 6) is 0.783. The Bertz CT molecular complexity index is 601. The Morgan fingerprint density at radius 3 is 2.54 bits per heavy atom. The van der Waals surface area contributed by atoms with Crippen LogP contribution in [0.4, 0.5) is 0 Å². The maximum atomic E-state index is 13.0. The lowest BCUT2D eigenvalue weighted by molar-refractivity contribution is 0.0550. The van der Waals surface area contributed by atoms with E-state index in [1.165, 1.54) is 25.7 Å². The molecule has 3 aliphatic rings. The molecule has 2 heterocycles. The lowest BCUT2D eigenvalue weighted by atomic mass is 10.1. The van der Waals surface area contributed by atoms with Gasteiger partial charge in [0.15, 0.2) is 0 Å². The maximum absolute atomic E-state index is 13.0. The predicted molar refractivity (Wildman–Crippen MR) is 101 cm³/mol. The molecule has 0 radical (unpaired) electrons. The lowest BCUT2D eigenvalue weighted by Crippen LogP contribution is -2.51. The van der Waals surface area contributed by atoms with E-state index in [0.29, 0.717) is 17.9 Å². The number of rotatable bonds is 5. The van der Waals surface area contributed by atoms with E-state index in [2.05, 4.69) is 4.90 Å². The molecule has 3 fully saturated rings. The molecule has 2 aliphatic heterocycles. The van der Waals surface area contributed by atoms with Gasteiger partial charge in [0.25, 0.3) is 5.91 Å². The highest BCUT2D eigenvalue weighted by atomic mass is 16.5. The molecular formula is C21H30N2O3. The highest BCUT2D eigenvalue weighted by Gasteiger charge is 2.29. The van der Waals surface area contributed by atoms with Gasteiger partial charge in [0.1, 0.15) is 12.4 Å². The number of benzene rings is 1. The van der Waals surface area contributed by atoms with Crippen molar-refractivity contribution < 1.29 is 14.3 Å². The van der Waals surface area contributed by atoms with Gasteiger partial charge in [-0.1, -0.05) is 25.0 Å². The number of ether oxygens (including phenoxy) is 2. The van der Waals surface area contributed by atoms with E-state index >= 15 is 0 Å². The number of hydrogen-bond acceptors (Lipinski definition) is 4. The first-order chi connectivity index (χ1) is 12.8. The van der Waals surface area contributed by atoms with Crippen LogP contribution in [-0.4, -0.2) is 67.2 Å². The molecule has 5 heteroatoms. The third-order valence-electron chi connectivity index (χ3n) is 6.01. The second kappa shape index (κ2) is 8.40. The van der Waals surface area contributed by atoms with Crippen LogP contribution in [0.1, 0.15) is 48.9 Å². The summed E-state index contributed by atoms with van der Waals surface area (Å²) in [5.41, 5.74) is 0.680. The molecule has 5 nitrogen and oxygen atoms in total. The molecule has 4 rings (SSSR count). The summed E-state index contributed by atoms with van der Waals surface area (Å²) in [7, 11) is 0. The molecule has 142 valence electrons. The smallest absolute Gasteiger partial charge is 0.257 e. The molecule has 1 amide bonds. The van der Waals surface area contributed by atoms with Gasteiger partial charge >= 0.3 is 0 Å². The molecule has 26 heavy (non-hydrogen) atoms. The van der Waals surface area contributed by atoms with E-state index in [1.54, 1.807) is 0 Å². The summed E-state index contributed by atoms with van der Waals surface area (Å²) in [6.07, 6.45) is 7.67. The molecule has 1 aromatic carbocycles. The van der Waals surface area contributed by atoms with Crippen molar-refractivity contribution in [2.24, 2.45) is 0 Å². The van der Waals surface area contributed by atoms with E-state index in [9.17, 15) is 4.79 Å². The Morgan fingerprint density at radius 1 is 1.04 bits per heavy atom. The predicted octanol–water partition coefficient (Wildman–Crippen LogP) is 2.94. The van der Waals surface area contributed by atoms with Gasteiger partial charge in [-0.25, -0.2) is 0 Å². The molecule has 0 N–H and O–H groups in total. The van der Waals surface area contributed by atoms with Gasteiger partial charge in [-0.05, 0) is 37.8 Å². The van der Waals surface area contributed by atoms with E-state index < -0.39 is 0 Å². The van der Waals surface area contributed by atoms with Crippen molar-refractivity contribution in [3.05, 3.63) is 29.8 Å². The fraction of sp³-hybridized carbons (Fsp3) is 0.667. The monoisotopic (exact) mass is 358 g/mol. The van der Waals surface area contributed by atoms with Gasteiger partial charge in [-0.15, -0.1) is 0 Å². The molecule has 1 unspecified atom stereocenters. The highest BCUT2D eigenvalue weighted by molar-refractivity contribution is 5.97. The van der Waals surface area contributed by atoms with Crippen LogP contribution in [0.3, 0.4) is 0 Å². The first kappa shape index (κ1) is 17.8. The summed E-state index contributed by atoms with van der Waals surface area (Å²) in [4.78, 5) is 17.6. The van der Waals surface area contributed by atoms with Crippen LogP contribution >= 0.6 is 0 Å². The zero-order valence-electron chi connectivity index (χ0n) is 15.6. The first-order valence-electron chi connectivity index (χ1n) is 10.2. The second-order valence-electron chi connectivity index (χ2n) is 7.71. The molecule has 1 saturated carbocycles. The topological polar surface area (TPSA) is 42.0 Å². The third-order valence-corrected chi connectivity index (χ3v) is 6.01. The van der Waals surface area contributed by atoms with Crippen LogP contribution in [0, 0.1) is 0 Å². The van der Waals surface area contributed by atoms with Crippen molar-refractivity contribution in [3.8, 4) is 5.75 Å². The maximum Gasteiger partial charge on any atom is 0.257 e.